The molecule has 1 fully saturated rings. The van der Waals surface area contributed by atoms with E-state index in [4.69, 9.17) is 10.5 Å². The SMILES string of the molecule is CCC(CN)S(=O)(=O)NCCC1CCCCO1. The van der Waals surface area contributed by atoms with Crippen LogP contribution in [-0.4, -0.2) is 39.5 Å². The Bertz CT molecular complexity index is 296. The van der Waals surface area contributed by atoms with Crippen molar-refractivity contribution < 1.29 is 13.2 Å². The van der Waals surface area contributed by atoms with E-state index in [1.165, 1.54) is 6.42 Å². The molecule has 1 rings (SSSR count). The highest BCUT2D eigenvalue weighted by Gasteiger charge is 2.22. The van der Waals surface area contributed by atoms with E-state index in [0.29, 0.717) is 13.0 Å². The van der Waals surface area contributed by atoms with Crippen LogP contribution in [0.1, 0.15) is 39.0 Å². The average molecular weight is 264 g/mol. The van der Waals surface area contributed by atoms with Gasteiger partial charge >= 0.3 is 0 Å². The minimum Gasteiger partial charge on any atom is -0.378 e. The molecule has 0 aromatic carbocycles. The van der Waals surface area contributed by atoms with Gasteiger partial charge in [-0.1, -0.05) is 6.92 Å². The maximum atomic E-state index is 11.8. The van der Waals surface area contributed by atoms with Crippen molar-refractivity contribution in [3.63, 3.8) is 0 Å². The minimum atomic E-state index is -3.25. The molecule has 0 saturated carbocycles. The Morgan fingerprint density at radius 1 is 1.47 bits per heavy atom. The van der Waals surface area contributed by atoms with Crippen molar-refractivity contribution in [1.82, 2.24) is 4.72 Å². The lowest BCUT2D eigenvalue weighted by atomic mass is 10.1. The maximum Gasteiger partial charge on any atom is 0.215 e. The monoisotopic (exact) mass is 264 g/mol. The summed E-state index contributed by atoms with van der Waals surface area (Å²) in [6, 6.07) is 0. The van der Waals surface area contributed by atoms with Crippen LogP contribution >= 0.6 is 0 Å². The van der Waals surface area contributed by atoms with E-state index in [2.05, 4.69) is 4.72 Å². The molecule has 0 amide bonds. The largest absolute Gasteiger partial charge is 0.378 e. The zero-order chi connectivity index (χ0) is 12.7. The molecule has 1 heterocycles. The van der Waals surface area contributed by atoms with Crippen LogP contribution in [0, 0.1) is 0 Å². The third-order valence-corrected chi connectivity index (χ3v) is 5.21. The van der Waals surface area contributed by atoms with Gasteiger partial charge in [0.1, 0.15) is 0 Å². The highest BCUT2D eigenvalue weighted by atomic mass is 32.2. The first kappa shape index (κ1) is 14.9. The fraction of sp³-hybridized carbons (Fsp3) is 1.00. The summed E-state index contributed by atoms with van der Waals surface area (Å²) >= 11 is 0. The normalized spacial score (nSPS) is 23.5. The Morgan fingerprint density at radius 3 is 2.76 bits per heavy atom. The van der Waals surface area contributed by atoms with Crippen LogP contribution in [0.2, 0.25) is 0 Å². The van der Waals surface area contributed by atoms with Gasteiger partial charge in [-0.2, -0.15) is 0 Å². The minimum absolute atomic E-state index is 0.172. The Hall–Kier alpha value is -0.170. The van der Waals surface area contributed by atoms with Crippen LogP contribution < -0.4 is 10.5 Å². The molecule has 17 heavy (non-hydrogen) atoms. The lowest BCUT2D eigenvalue weighted by Crippen LogP contribution is -2.40. The van der Waals surface area contributed by atoms with Crippen molar-refractivity contribution in [3.05, 3.63) is 0 Å². The van der Waals surface area contributed by atoms with E-state index < -0.39 is 15.3 Å². The van der Waals surface area contributed by atoms with E-state index in [0.717, 1.165) is 25.9 Å². The van der Waals surface area contributed by atoms with Gasteiger partial charge in [-0.3, -0.25) is 0 Å². The number of sulfonamides is 1. The molecule has 0 radical (unpaired) electrons. The van der Waals surface area contributed by atoms with Crippen molar-refractivity contribution in [3.8, 4) is 0 Å². The standard InChI is InChI=1S/C11H24N2O3S/c1-2-11(9-12)17(14,15)13-7-6-10-5-3-4-8-16-10/h10-11,13H,2-9,12H2,1H3. The van der Waals surface area contributed by atoms with E-state index in [1.54, 1.807) is 0 Å². The van der Waals surface area contributed by atoms with Crippen LogP contribution in [-0.2, 0) is 14.8 Å². The highest BCUT2D eigenvalue weighted by Crippen LogP contribution is 2.15. The van der Waals surface area contributed by atoms with Crippen molar-refractivity contribution in [2.24, 2.45) is 5.73 Å². The van der Waals surface area contributed by atoms with Gasteiger partial charge in [-0.25, -0.2) is 13.1 Å². The average Bonchev–Trinajstić information content (AvgIpc) is 2.31. The van der Waals surface area contributed by atoms with Crippen LogP contribution in [0.25, 0.3) is 0 Å². The maximum absolute atomic E-state index is 11.8. The number of hydrogen-bond donors (Lipinski definition) is 2. The molecule has 0 spiro atoms. The van der Waals surface area contributed by atoms with Gasteiger partial charge < -0.3 is 10.5 Å². The highest BCUT2D eigenvalue weighted by molar-refractivity contribution is 7.90. The number of nitrogens with two attached hydrogens (primary N) is 1. The summed E-state index contributed by atoms with van der Waals surface area (Å²) in [6.45, 7) is 3.26. The lowest BCUT2D eigenvalue weighted by molar-refractivity contribution is 0.0123. The molecule has 0 aromatic heterocycles. The fourth-order valence-corrected chi connectivity index (χ4v) is 3.36. The third kappa shape index (κ3) is 4.91. The number of nitrogens with one attached hydrogen (secondary N) is 1. The van der Waals surface area contributed by atoms with Crippen molar-refractivity contribution in [2.45, 2.75) is 50.4 Å². The van der Waals surface area contributed by atoms with Crippen LogP contribution in [0.3, 0.4) is 0 Å². The second-order valence-corrected chi connectivity index (χ2v) is 6.53. The summed E-state index contributed by atoms with van der Waals surface area (Å²) < 4.78 is 31.8. The molecular formula is C11H24N2O3S. The predicted octanol–water partition coefficient (Wildman–Crippen LogP) is 0.602. The van der Waals surface area contributed by atoms with E-state index in [1.807, 2.05) is 6.92 Å². The predicted molar refractivity (Wildman–Crippen MR) is 68.3 cm³/mol. The molecule has 2 atom stereocenters. The zero-order valence-corrected chi connectivity index (χ0v) is 11.3. The summed E-state index contributed by atoms with van der Waals surface area (Å²) in [5.74, 6) is 0. The molecule has 6 heteroatoms. The Morgan fingerprint density at radius 2 is 2.24 bits per heavy atom. The van der Waals surface area contributed by atoms with Crippen molar-refractivity contribution in [1.29, 1.82) is 0 Å². The summed E-state index contributed by atoms with van der Waals surface area (Å²) in [5.41, 5.74) is 5.44. The summed E-state index contributed by atoms with van der Waals surface area (Å²) in [5, 5.41) is -0.477. The Balaban J connectivity index is 2.29. The molecule has 1 aliphatic heterocycles. The first-order valence-electron chi connectivity index (χ1n) is 6.40. The third-order valence-electron chi connectivity index (χ3n) is 3.20. The van der Waals surface area contributed by atoms with Crippen molar-refractivity contribution >= 4 is 10.0 Å². The number of rotatable bonds is 7. The Labute approximate surface area is 104 Å². The van der Waals surface area contributed by atoms with Crippen molar-refractivity contribution in [2.75, 3.05) is 19.7 Å². The summed E-state index contributed by atoms with van der Waals surface area (Å²) in [4.78, 5) is 0. The molecule has 1 saturated heterocycles. The quantitative estimate of drug-likeness (QED) is 0.705. The first-order valence-corrected chi connectivity index (χ1v) is 7.95. The molecule has 2 unspecified atom stereocenters. The number of hydrogen-bond acceptors (Lipinski definition) is 4. The van der Waals surface area contributed by atoms with E-state index in [-0.39, 0.29) is 12.6 Å². The summed E-state index contributed by atoms with van der Waals surface area (Å²) in [6.07, 6.45) is 4.84. The molecule has 0 aliphatic carbocycles. The molecule has 3 N–H and O–H groups in total. The van der Waals surface area contributed by atoms with Gasteiger partial charge in [-0.05, 0) is 32.1 Å². The lowest BCUT2D eigenvalue weighted by Gasteiger charge is -2.23. The smallest absolute Gasteiger partial charge is 0.215 e. The molecular weight excluding hydrogens is 240 g/mol. The van der Waals surface area contributed by atoms with Crippen LogP contribution in [0.4, 0.5) is 0 Å². The van der Waals surface area contributed by atoms with E-state index >= 15 is 0 Å². The zero-order valence-electron chi connectivity index (χ0n) is 10.5. The van der Waals surface area contributed by atoms with E-state index in [9.17, 15) is 8.42 Å². The van der Waals surface area contributed by atoms with Gasteiger partial charge in [0.25, 0.3) is 0 Å². The van der Waals surface area contributed by atoms with Crippen LogP contribution in [0.5, 0.6) is 0 Å². The number of ether oxygens (including phenoxy) is 1. The molecule has 0 bridgehead atoms. The molecule has 1 aliphatic rings. The van der Waals surface area contributed by atoms with Gasteiger partial charge in [0.15, 0.2) is 0 Å². The first-order chi connectivity index (χ1) is 8.10. The Kier molecular flexibility index (Phi) is 6.40. The van der Waals surface area contributed by atoms with Gasteiger partial charge in [0.2, 0.25) is 10.0 Å². The fourth-order valence-electron chi connectivity index (χ4n) is 2.03. The molecule has 0 aromatic rings. The second kappa shape index (κ2) is 7.31. The van der Waals surface area contributed by atoms with Gasteiger partial charge in [0, 0.05) is 19.7 Å². The van der Waals surface area contributed by atoms with Gasteiger partial charge in [0.05, 0.1) is 11.4 Å². The molecule has 5 nitrogen and oxygen atoms in total. The summed E-state index contributed by atoms with van der Waals surface area (Å²) in [7, 11) is -3.25. The molecule has 102 valence electrons. The van der Waals surface area contributed by atoms with Gasteiger partial charge in [-0.15, -0.1) is 0 Å². The second-order valence-electron chi connectivity index (χ2n) is 4.48. The van der Waals surface area contributed by atoms with Crippen LogP contribution in [0.15, 0.2) is 0 Å². The topological polar surface area (TPSA) is 81.4 Å².